The number of fused-ring (bicyclic) bond motifs is 2. The zero-order valence-corrected chi connectivity index (χ0v) is 22.3. The van der Waals surface area contributed by atoms with Crippen molar-refractivity contribution in [2.24, 2.45) is 5.73 Å². The average Bonchev–Trinajstić information content (AvgIpc) is 3.55. The first-order valence-corrected chi connectivity index (χ1v) is 13.0. The van der Waals surface area contributed by atoms with Crippen molar-refractivity contribution in [3.63, 3.8) is 0 Å². The van der Waals surface area contributed by atoms with Gasteiger partial charge in [-0.2, -0.15) is 5.21 Å². The Balaban J connectivity index is 1.78. The van der Waals surface area contributed by atoms with Crippen molar-refractivity contribution in [1.82, 2.24) is 30.4 Å². The Kier molecular flexibility index (Phi) is 6.40. The van der Waals surface area contributed by atoms with Gasteiger partial charge in [0.05, 0.1) is 5.41 Å². The predicted molar refractivity (Wildman–Crippen MR) is 145 cm³/mol. The largest absolute Gasteiger partial charge is 0.378 e. The number of nitrogens with two attached hydrogens (primary N) is 1. The number of hydrogen-bond donors (Lipinski definition) is 2. The summed E-state index contributed by atoms with van der Waals surface area (Å²) in [5, 5.41) is 15.9. The van der Waals surface area contributed by atoms with E-state index < -0.39 is 5.41 Å². The molecule has 0 spiro atoms. The van der Waals surface area contributed by atoms with Crippen LogP contribution < -0.4 is 5.73 Å². The number of aromatic nitrogens is 4. The van der Waals surface area contributed by atoms with Crippen LogP contribution in [0.3, 0.4) is 0 Å². The number of amides is 1. The van der Waals surface area contributed by atoms with Gasteiger partial charge in [-0.1, -0.05) is 42.8 Å². The number of carbonyl (C=O) groups excluding carboxylic acids is 1. The minimum Gasteiger partial charge on any atom is -0.378 e. The third-order valence-corrected chi connectivity index (χ3v) is 8.26. The first kappa shape index (κ1) is 25.1. The highest BCUT2D eigenvalue weighted by atomic mass is 16.2. The van der Waals surface area contributed by atoms with Crippen molar-refractivity contribution in [2.75, 3.05) is 28.2 Å². The molecule has 8 heteroatoms. The lowest BCUT2D eigenvalue weighted by atomic mass is 9.64. The lowest BCUT2D eigenvalue weighted by Gasteiger charge is -2.40. The number of benzene rings is 2. The van der Waals surface area contributed by atoms with Gasteiger partial charge in [0.2, 0.25) is 0 Å². The summed E-state index contributed by atoms with van der Waals surface area (Å²) in [7, 11) is 7.58. The summed E-state index contributed by atoms with van der Waals surface area (Å²) in [5.74, 6) is 0.616. The topological polar surface area (TPSA) is 104 Å². The van der Waals surface area contributed by atoms with Crippen LogP contribution in [0, 0.1) is 0 Å². The second-order valence-corrected chi connectivity index (χ2v) is 11.2. The standard InChI is InChI=1S/C29H37N7O/c1-19(35(2)3)20-10-12-24-21(16-20)8-9-22-17-23(26(37)36(4)5)11-13-25(22)29(24,27-31-33-34-32-27)18-28(30)14-6-7-15-28/h10-13,16-17H,1,6-9,14-15,18,30H2,2-5H3,(H,31,32,33,34). The quantitative estimate of drug-likeness (QED) is 0.538. The number of rotatable bonds is 6. The highest BCUT2D eigenvalue weighted by Gasteiger charge is 2.49. The molecular formula is C29H37N7O. The molecule has 3 N–H and O–H groups in total. The van der Waals surface area contributed by atoms with Gasteiger partial charge in [0.1, 0.15) is 0 Å². The molecule has 194 valence electrons. The lowest BCUT2D eigenvalue weighted by Crippen LogP contribution is -2.46. The van der Waals surface area contributed by atoms with E-state index in [1.807, 2.05) is 25.1 Å². The van der Waals surface area contributed by atoms with E-state index in [9.17, 15) is 4.79 Å². The van der Waals surface area contributed by atoms with E-state index in [0.717, 1.165) is 66.5 Å². The van der Waals surface area contributed by atoms with Crippen LogP contribution in [0.15, 0.2) is 43.0 Å². The van der Waals surface area contributed by atoms with E-state index in [4.69, 9.17) is 5.73 Å². The molecule has 3 aromatic rings. The maximum atomic E-state index is 12.9. The van der Waals surface area contributed by atoms with Crippen LogP contribution in [-0.4, -0.2) is 70.1 Å². The van der Waals surface area contributed by atoms with E-state index in [-0.39, 0.29) is 11.4 Å². The van der Waals surface area contributed by atoms with E-state index in [1.54, 1.807) is 19.0 Å². The van der Waals surface area contributed by atoms with Gasteiger partial charge in [-0.05, 0) is 78.1 Å². The molecule has 2 aliphatic carbocycles. The van der Waals surface area contributed by atoms with Crippen LogP contribution in [0.1, 0.15) is 76.1 Å². The first-order chi connectivity index (χ1) is 17.6. The fraction of sp³-hybridized carbons (Fsp3) is 0.448. The lowest BCUT2D eigenvalue weighted by molar-refractivity contribution is 0.0827. The molecule has 1 unspecified atom stereocenters. The third kappa shape index (κ3) is 4.33. The molecule has 0 radical (unpaired) electrons. The minimum absolute atomic E-state index is 0.00891. The van der Waals surface area contributed by atoms with Crippen LogP contribution in [0.4, 0.5) is 0 Å². The van der Waals surface area contributed by atoms with E-state index >= 15 is 0 Å². The Morgan fingerprint density at radius 3 is 2.11 bits per heavy atom. The van der Waals surface area contributed by atoms with Crippen molar-refractivity contribution in [1.29, 1.82) is 0 Å². The van der Waals surface area contributed by atoms with Crippen molar-refractivity contribution >= 4 is 11.6 Å². The number of tetrazole rings is 1. The number of nitrogens with zero attached hydrogens (tertiary/aromatic N) is 5. The van der Waals surface area contributed by atoms with E-state index in [0.29, 0.717) is 17.8 Å². The molecular weight excluding hydrogens is 462 g/mol. The number of aryl methyl sites for hydroxylation is 2. The summed E-state index contributed by atoms with van der Waals surface area (Å²) in [6.45, 7) is 4.29. The molecule has 1 fully saturated rings. The zero-order valence-electron chi connectivity index (χ0n) is 22.3. The van der Waals surface area contributed by atoms with Crippen molar-refractivity contribution in [3.8, 4) is 0 Å². The van der Waals surface area contributed by atoms with Gasteiger partial charge in [0.25, 0.3) is 5.91 Å². The van der Waals surface area contributed by atoms with Crippen molar-refractivity contribution < 1.29 is 4.79 Å². The van der Waals surface area contributed by atoms with Crippen LogP contribution in [-0.2, 0) is 18.3 Å². The molecule has 1 aromatic heterocycles. The predicted octanol–water partition coefficient (Wildman–Crippen LogP) is 3.53. The highest BCUT2D eigenvalue weighted by Crippen LogP contribution is 2.50. The summed E-state index contributed by atoms with van der Waals surface area (Å²) in [6.07, 6.45) is 6.47. The van der Waals surface area contributed by atoms with Crippen LogP contribution in [0.5, 0.6) is 0 Å². The Labute approximate surface area is 218 Å². The molecule has 5 rings (SSSR count). The Morgan fingerprint density at radius 1 is 0.973 bits per heavy atom. The number of aromatic amines is 1. The second-order valence-electron chi connectivity index (χ2n) is 11.2. The van der Waals surface area contributed by atoms with Crippen LogP contribution >= 0.6 is 0 Å². The Bertz CT molecular complexity index is 1250. The molecule has 0 bridgehead atoms. The van der Waals surface area contributed by atoms with Gasteiger partial charge in [-0.3, -0.25) is 4.79 Å². The van der Waals surface area contributed by atoms with Gasteiger partial charge < -0.3 is 15.5 Å². The summed E-state index contributed by atoms with van der Waals surface area (Å²) in [5.41, 5.74) is 13.4. The summed E-state index contributed by atoms with van der Waals surface area (Å²) < 4.78 is 0. The van der Waals surface area contributed by atoms with Crippen molar-refractivity contribution in [2.45, 2.75) is 55.9 Å². The number of H-pyrrole nitrogens is 1. The summed E-state index contributed by atoms with van der Waals surface area (Å²) >= 11 is 0. The fourth-order valence-corrected chi connectivity index (χ4v) is 6.31. The summed E-state index contributed by atoms with van der Waals surface area (Å²) in [6, 6.07) is 12.7. The second kappa shape index (κ2) is 9.41. The molecule has 2 aromatic carbocycles. The first-order valence-electron chi connectivity index (χ1n) is 13.0. The van der Waals surface area contributed by atoms with Gasteiger partial charge in [0, 0.05) is 45.0 Å². The van der Waals surface area contributed by atoms with Crippen molar-refractivity contribution in [3.05, 3.63) is 82.2 Å². The molecule has 1 atom stereocenters. The molecule has 8 nitrogen and oxygen atoms in total. The van der Waals surface area contributed by atoms with Gasteiger partial charge in [0.15, 0.2) is 5.82 Å². The molecule has 1 heterocycles. The molecule has 2 aliphatic rings. The molecule has 37 heavy (non-hydrogen) atoms. The molecule has 1 saturated carbocycles. The highest BCUT2D eigenvalue weighted by molar-refractivity contribution is 5.94. The monoisotopic (exact) mass is 499 g/mol. The average molecular weight is 500 g/mol. The molecule has 0 aliphatic heterocycles. The van der Waals surface area contributed by atoms with Gasteiger partial charge >= 0.3 is 0 Å². The normalized spacial score (nSPS) is 20.0. The number of hydrogen-bond acceptors (Lipinski definition) is 6. The summed E-state index contributed by atoms with van der Waals surface area (Å²) in [4.78, 5) is 16.5. The van der Waals surface area contributed by atoms with Gasteiger partial charge in [-0.15, -0.1) is 10.2 Å². The SMILES string of the molecule is C=C(c1ccc2c(c1)CCc1cc(C(=O)N(C)C)ccc1C2(CC1(N)CCCC1)c1nn[nH]n1)N(C)C. The molecule has 1 amide bonds. The van der Waals surface area contributed by atoms with Crippen LogP contribution in [0.2, 0.25) is 0 Å². The molecule has 0 saturated heterocycles. The maximum Gasteiger partial charge on any atom is 0.253 e. The van der Waals surface area contributed by atoms with E-state index in [2.05, 4.69) is 57.5 Å². The maximum absolute atomic E-state index is 12.9. The number of carbonyl (C=O) groups is 1. The van der Waals surface area contributed by atoms with Crippen LogP contribution in [0.25, 0.3) is 5.70 Å². The minimum atomic E-state index is -0.690. The third-order valence-electron chi connectivity index (χ3n) is 8.26. The smallest absolute Gasteiger partial charge is 0.253 e. The Morgan fingerprint density at radius 2 is 1.57 bits per heavy atom. The van der Waals surface area contributed by atoms with Gasteiger partial charge in [-0.25, -0.2) is 0 Å². The Hall–Kier alpha value is -3.52. The van der Waals surface area contributed by atoms with E-state index in [1.165, 1.54) is 5.56 Å². The zero-order chi connectivity index (χ0) is 26.4. The number of nitrogens with one attached hydrogen (secondary N) is 1. The fourth-order valence-electron chi connectivity index (χ4n) is 6.31.